The summed E-state index contributed by atoms with van der Waals surface area (Å²) in [6.45, 7) is 17.1. The number of nitrogens with one attached hydrogen (secondary N) is 5. The van der Waals surface area contributed by atoms with Crippen LogP contribution in [0.25, 0.3) is 0 Å². The predicted molar refractivity (Wildman–Crippen MR) is 172 cm³/mol. The van der Waals surface area contributed by atoms with Gasteiger partial charge in [-0.25, -0.2) is 0 Å². The highest BCUT2D eigenvalue weighted by molar-refractivity contribution is 5.92. The lowest BCUT2D eigenvalue weighted by Gasteiger charge is -2.31. The van der Waals surface area contributed by atoms with Gasteiger partial charge in [0, 0.05) is 19.4 Å². The van der Waals surface area contributed by atoms with Gasteiger partial charge in [-0.2, -0.15) is 0 Å². The van der Waals surface area contributed by atoms with Crippen molar-refractivity contribution in [3.05, 3.63) is 0 Å². The predicted octanol–water partition coefficient (Wildman–Crippen LogP) is 1.86. The van der Waals surface area contributed by atoms with E-state index in [0.717, 1.165) is 0 Å². The zero-order chi connectivity index (χ0) is 34.9. The van der Waals surface area contributed by atoms with Gasteiger partial charge >= 0.3 is 5.97 Å². The van der Waals surface area contributed by atoms with Crippen LogP contribution in [0.15, 0.2) is 0 Å². The van der Waals surface area contributed by atoms with E-state index in [2.05, 4.69) is 26.6 Å². The van der Waals surface area contributed by atoms with Gasteiger partial charge in [-0.1, -0.05) is 61.8 Å². The number of rotatable bonds is 22. The molecule has 6 atom stereocenters. The molecule has 0 fully saturated rings. The van der Waals surface area contributed by atoms with Crippen molar-refractivity contribution in [2.24, 2.45) is 23.7 Å². The van der Waals surface area contributed by atoms with E-state index >= 15 is 0 Å². The second-order valence-corrected chi connectivity index (χ2v) is 13.1. The molecule has 13 heteroatoms. The third kappa shape index (κ3) is 17.2. The number of carboxylic acids is 1. The van der Waals surface area contributed by atoms with Crippen LogP contribution in [0.1, 0.15) is 107 Å². The molecule has 0 aromatic carbocycles. The number of likely N-dealkylation sites (N-methyl/N-ethyl adjacent to an activating group) is 1. The smallest absolute Gasteiger partial charge is 0.303 e. The maximum atomic E-state index is 13.6. The number of carboxylic acid groups (broad SMARTS) is 1. The van der Waals surface area contributed by atoms with Crippen LogP contribution in [0.2, 0.25) is 0 Å². The van der Waals surface area contributed by atoms with Gasteiger partial charge in [-0.05, 0) is 49.9 Å². The average molecular weight is 642 g/mol. The SMILES string of the molecule is CCNC(=O)[C@@H](NC(=O)C[C@H](O)[C@H](CC(C)C)NC(=O)[C@@H](NC(=O)[C@H](CC(C)C)NC(=O)CCCC(=O)O)[C@@H](C)CC)C(C)C. The maximum absolute atomic E-state index is 13.6. The topological polar surface area (TPSA) is 203 Å². The Labute approximate surface area is 268 Å². The molecule has 0 aliphatic rings. The first kappa shape index (κ1) is 41.8. The molecule has 0 saturated heterocycles. The van der Waals surface area contributed by atoms with E-state index in [0.29, 0.717) is 25.8 Å². The van der Waals surface area contributed by atoms with Crippen molar-refractivity contribution in [2.75, 3.05) is 6.54 Å². The van der Waals surface area contributed by atoms with E-state index in [9.17, 15) is 33.9 Å². The second kappa shape index (κ2) is 21.5. The minimum absolute atomic E-state index is 0.0380. The molecule has 0 spiro atoms. The van der Waals surface area contributed by atoms with Gasteiger partial charge in [0.2, 0.25) is 29.5 Å². The molecule has 0 aliphatic heterocycles. The minimum atomic E-state index is -1.26. The Kier molecular flexibility index (Phi) is 20.0. The lowest BCUT2D eigenvalue weighted by molar-refractivity contribution is -0.137. The van der Waals surface area contributed by atoms with Gasteiger partial charge in [0.25, 0.3) is 0 Å². The molecule has 0 rings (SSSR count). The van der Waals surface area contributed by atoms with Gasteiger partial charge in [0.05, 0.1) is 18.6 Å². The van der Waals surface area contributed by atoms with Crippen molar-refractivity contribution in [2.45, 2.75) is 138 Å². The van der Waals surface area contributed by atoms with E-state index in [1.54, 1.807) is 27.7 Å². The van der Waals surface area contributed by atoms with Crippen LogP contribution in [-0.4, -0.2) is 82.5 Å². The third-order valence-corrected chi connectivity index (χ3v) is 7.48. The van der Waals surface area contributed by atoms with Crippen molar-refractivity contribution >= 4 is 35.5 Å². The molecule has 0 aromatic rings. The highest BCUT2D eigenvalue weighted by Gasteiger charge is 2.34. The molecule has 260 valence electrons. The molecular formula is C32H59N5O8. The summed E-state index contributed by atoms with van der Waals surface area (Å²) >= 11 is 0. The van der Waals surface area contributed by atoms with Gasteiger partial charge in [0.1, 0.15) is 18.1 Å². The van der Waals surface area contributed by atoms with Crippen LogP contribution in [-0.2, 0) is 28.8 Å². The van der Waals surface area contributed by atoms with Crippen molar-refractivity contribution in [1.29, 1.82) is 0 Å². The molecule has 13 nitrogen and oxygen atoms in total. The number of carbonyl (C=O) groups excluding carboxylic acids is 5. The first-order valence-electron chi connectivity index (χ1n) is 16.3. The Morgan fingerprint density at radius 3 is 1.76 bits per heavy atom. The van der Waals surface area contributed by atoms with Gasteiger partial charge < -0.3 is 36.8 Å². The number of aliphatic hydroxyl groups is 1. The van der Waals surface area contributed by atoms with Crippen molar-refractivity contribution in [3.63, 3.8) is 0 Å². The van der Waals surface area contributed by atoms with Crippen LogP contribution in [0.5, 0.6) is 0 Å². The molecule has 0 heterocycles. The summed E-state index contributed by atoms with van der Waals surface area (Å²) in [6.07, 6.45) is -0.469. The molecular weight excluding hydrogens is 582 g/mol. The molecule has 0 unspecified atom stereocenters. The van der Waals surface area contributed by atoms with Crippen LogP contribution < -0.4 is 26.6 Å². The van der Waals surface area contributed by atoms with Gasteiger partial charge in [0.15, 0.2) is 0 Å². The first-order chi connectivity index (χ1) is 20.9. The zero-order valence-electron chi connectivity index (χ0n) is 28.7. The standard InChI is InChI=1S/C32H59N5O8/c1-10-21(9)29(37-30(43)23(16-19(5)6)34-25(39)13-12-14-27(41)42)32(45)35-22(15-18(3)4)24(38)17-26(40)36-28(20(7)8)31(44)33-11-2/h18-24,28-29,38H,10-17H2,1-9H3,(H,33,44)(H,34,39)(H,35,45)(H,36,40)(H,37,43)(H,41,42)/t21-,22-,23-,24-,28-,29-/m0/s1. The molecule has 0 saturated carbocycles. The van der Waals surface area contributed by atoms with E-state index in [1.807, 2.05) is 34.6 Å². The fourth-order valence-electron chi connectivity index (χ4n) is 4.80. The fraction of sp³-hybridized carbons (Fsp3) is 0.812. The number of amides is 5. The van der Waals surface area contributed by atoms with Crippen molar-refractivity contribution in [3.8, 4) is 0 Å². The van der Waals surface area contributed by atoms with E-state index in [1.165, 1.54) is 0 Å². The number of carbonyl (C=O) groups is 6. The lowest BCUT2D eigenvalue weighted by Crippen LogP contribution is -2.58. The molecule has 45 heavy (non-hydrogen) atoms. The number of aliphatic hydroxyl groups excluding tert-OH is 1. The summed E-state index contributed by atoms with van der Waals surface area (Å²) in [6, 6.07) is -3.50. The number of hydrogen-bond acceptors (Lipinski definition) is 7. The summed E-state index contributed by atoms with van der Waals surface area (Å²) in [7, 11) is 0. The van der Waals surface area contributed by atoms with Crippen LogP contribution in [0, 0.1) is 23.7 Å². The minimum Gasteiger partial charge on any atom is -0.481 e. The Morgan fingerprint density at radius 2 is 1.27 bits per heavy atom. The van der Waals surface area contributed by atoms with E-state index < -0.39 is 59.9 Å². The Hall–Kier alpha value is -3.22. The zero-order valence-corrected chi connectivity index (χ0v) is 28.7. The highest BCUT2D eigenvalue weighted by Crippen LogP contribution is 2.15. The lowest BCUT2D eigenvalue weighted by atomic mass is 9.93. The van der Waals surface area contributed by atoms with Gasteiger partial charge in [-0.15, -0.1) is 0 Å². The van der Waals surface area contributed by atoms with Gasteiger partial charge in [-0.3, -0.25) is 28.8 Å². The van der Waals surface area contributed by atoms with Crippen molar-refractivity contribution < 1.29 is 39.0 Å². The summed E-state index contributed by atoms with van der Waals surface area (Å²) < 4.78 is 0. The quantitative estimate of drug-likeness (QED) is 0.0928. The third-order valence-electron chi connectivity index (χ3n) is 7.48. The Morgan fingerprint density at radius 1 is 0.667 bits per heavy atom. The van der Waals surface area contributed by atoms with E-state index in [-0.39, 0.29) is 55.3 Å². The first-order valence-corrected chi connectivity index (χ1v) is 16.3. The monoisotopic (exact) mass is 641 g/mol. The Balaban J connectivity index is 5.78. The summed E-state index contributed by atoms with van der Waals surface area (Å²) in [4.78, 5) is 75.5. The van der Waals surface area contributed by atoms with Crippen molar-refractivity contribution in [1.82, 2.24) is 26.6 Å². The molecule has 7 N–H and O–H groups in total. The summed E-state index contributed by atoms with van der Waals surface area (Å²) in [5.41, 5.74) is 0. The summed E-state index contributed by atoms with van der Waals surface area (Å²) in [5.74, 6) is -3.77. The fourth-order valence-corrected chi connectivity index (χ4v) is 4.80. The number of aliphatic carboxylic acids is 1. The molecule has 0 bridgehead atoms. The van der Waals surface area contributed by atoms with Crippen LogP contribution >= 0.6 is 0 Å². The largest absolute Gasteiger partial charge is 0.481 e. The molecule has 5 amide bonds. The average Bonchev–Trinajstić information content (AvgIpc) is 2.92. The highest BCUT2D eigenvalue weighted by atomic mass is 16.4. The maximum Gasteiger partial charge on any atom is 0.303 e. The summed E-state index contributed by atoms with van der Waals surface area (Å²) in [5, 5.41) is 33.6. The van der Waals surface area contributed by atoms with E-state index in [4.69, 9.17) is 5.11 Å². The molecule has 0 radical (unpaired) electrons. The second-order valence-electron chi connectivity index (χ2n) is 13.1. The number of hydrogen-bond donors (Lipinski definition) is 7. The molecule has 0 aromatic heterocycles. The molecule has 0 aliphatic carbocycles. The van der Waals surface area contributed by atoms with Crippen LogP contribution in [0.3, 0.4) is 0 Å². The van der Waals surface area contributed by atoms with Crippen LogP contribution in [0.4, 0.5) is 0 Å². The normalized spacial score (nSPS) is 15.4. The Bertz CT molecular complexity index is 971.